The van der Waals surface area contributed by atoms with Crippen LogP contribution in [0.5, 0.6) is 5.75 Å². The summed E-state index contributed by atoms with van der Waals surface area (Å²) in [7, 11) is 0. The summed E-state index contributed by atoms with van der Waals surface area (Å²) in [4.78, 5) is 29.7. The fourth-order valence-corrected chi connectivity index (χ4v) is 3.36. The van der Waals surface area contributed by atoms with Gasteiger partial charge in [0.25, 0.3) is 11.5 Å². The summed E-state index contributed by atoms with van der Waals surface area (Å²) >= 11 is 1.39. The number of hydrogen-bond donors (Lipinski definition) is 1. The van der Waals surface area contributed by atoms with Crippen molar-refractivity contribution in [3.05, 3.63) is 57.2 Å². The molecule has 1 amide bonds. The highest BCUT2D eigenvalue weighted by Crippen LogP contribution is 2.17. The van der Waals surface area contributed by atoms with E-state index in [2.05, 4.69) is 10.3 Å². The van der Waals surface area contributed by atoms with Crippen molar-refractivity contribution >= 4 is 27.9 Å². The topological polar surface area (TPSA) is 72.7 Å². The van der Waals surface area contributed by atoms with Gasteiger partial charge in [0.15, 0.2) is 11.6 Å². The second kappa shape index (κ2) is 7.02. The number of aryl methyl sites for hydroxylation is 2. The number of ether oxygens (including phenoxy) is 1. The van der Waals surface area contributed by atoms with Gasteiger partial charge in [0.1, 0.15) is 17.3 Å². The number of halogens is 1. The zero-order valence-electron chi connectivity index (χ0n) is 13.7. The van der Waals surface area contributed by atoms with Gasteiger partial charge < -0.3 is 10.1 Å². The molecular weight excluding hydrogens is 345 g/mol. The van der Waals surface area contributed by atoms with E-state index >= 15 is 0 Å². The Balaban J connectivity index is 1.78. The third-order valence-corrected chi connectivity index (χ3v) is 4.51. The number of amides is 1. The van der Waals surface area contributed by atoms with E-state index in [4.69, 9.17) is 4.74 Å². The summed E-state index contributed by atoms with van der Waals surface area (Å²) in [5, 5.41) is 4.45. The highest BCUT2D eigenvalue weighted by Gasteiger charge is 2.15. The standard InChI is InChI=1S/C17H16FN3O3S/c1-3-12-9-25-17-19-10(2)15(16(23)21(12)17)20-14(22)8-24-13-6-4-11(18)5-7-13/h4-7,9H,3,8H2,1-2H3,(H,20,22). The molecule has 0 aliphatic rings. The van der Waals surface area contributed by atoms with E-state index in [-0.39, 0.29) is 23.7 Å². The average Bonchev–Trinajstić information content (AvgIpc) is 3.01. The highest BCUT2D eigenvalue weighted by atomic mass is 32.1. The number of aromatic nitrogens is 2. The van der Waals surface area contributed by atoms with Crippen molar-refractivity contribution in [1.82, 2.24) is 9.38 Å². The molecule has 0 unspecified atom stereocenters. The maximum absolute atomic E-state index is 12.8. The smallest absolute Gasteiger partial charge is 0.282 e. The number of carbonyl (C=O) groups is 1. The van der Waals surface area contributed by atoms with Crippen LogP contribution in [0.1, 0.15) is 18.3 Å². The SMILES string of the molecule is CCc1csc2nc(C)c(NC(=O)COc3ccc(F)cc3)c(=O)n12. The van der Waals surface area contributed by atoms with Gasteiger partial charge in [0, 0.05) is 11.1 Å². The van der Waals surface area contributed by atoms with Crippen molar-refractivity contribution in [3.63, 3.8) is 0 Å². The average molecular weight is 361 g/mol. The molecule has 25 heavy (non-hydrogen) atoms. The van der Waals surface area contributed by atoms with Gasteiger partial charge in [-0.15, -0.1) is 11.3 Å². The molecule has 0 fully saturated rings. The van der Waals surface area contributed by atoms with Gasteiger partial charge in [-0.3, -0.25) is 14.0 Å². The molecule has 130 valence electrons. The third-order valence-electron chi connectivity index (χ3n) is 3.63. The molecule has 1 aromatic carbocycles. The predicted octanol–water partition coefficient (Wildman–Crippen LogP) is 2.78. The summed E-state index contributed by atoms with van der Waals surface area (Å²) in [5.41, 5.74) is 1.12. The van der Waals surface area contributed by atoms with Gasteiger partial charge in [-0.25, -0.2) is 9.37 Å². The first kappa shape index (κ1) is 17.1. The van der Waals surface area contributed by atoms with Gasteiger partial charge in [0.2, 0.25) is 0 Å². The number of anilines is 1. The first-order valence-electron chi connectivity index (χ1n) is 7.67. The van der Waals surface area contributed by atoms with Crippen molar-refractivity contribution in [3.8, 4) is 5.75 Å². The monoisotopic (exact) mass is 361 g/mol. The molecule has 0 radical (unpaired) electrons. The van der Waals surface area contributed by atoms with Crippen LogP contribution in [0.3, 0.4) is 0 Å². The summed E-state index contributed by atoms with van der Waals surface area (Å²) in [5.74, 6) is -0.508. The Labute approximate surface area is 146 Å². The molecule has 8 heteroatoms. The molecule has 2 aromatic heterocycles. The minimum atomic E-state index is -0.487. The molecule has 0 aliphatic heterocycles. The number of nitrogens with one attached hydrogen (secondary N) is 1. The minimum absolute atomic E-state index is 0.137. The van der Waals surface area contributed by atoms with Gasteiger partial charge in [-0.05, 0) is 37.6 Å². The van der Waals surface area contributed by atoms with Gasteiger partial charge in [-0.1, -0.05) is 6.92 Å². The zero-order chi connectivity index (χ0) is 18.0. The molecule has 1 N–H and O–H groups in total. The van der Waals surface area contributed by atoms with Crippen LogP contribution in [0, 0.1) is 12.7 Å². The van der Waals surface area contributed by atoms with Crippen molar-refractivity contribution < 1.29 is 13.9 Å². The zero-order valence-corrected chi connectivity index (χ0v) is 14.5. The Morgan fingerprint density at radius 1 is 1.36 bits per heavy atom. The van der Waals surface area contributed by atoms with Gasteiger partial charge >= 0.3 is 0 Å². The largest absolute Gasteiger partial charge is 0.484 e. The summed E-state index contributed by atoms with van der Waals surface area (Å²) in [6.45, 7) is 3.32. The van der Waals surface area contributed by atoms with Crippen LogP contribution in [0.25, 0.3) is 4.96 Å². The van der Waals surface area contributed by atoms with Crippen LogP contribution in [0.4, 0.5) is 10.1 Å². The Hall–Kier alpha value is -2.74. The summed E-state index contributed by atoms with van der Waals surface area (Å²) in [6, 6.07) is 5.33. The number of nitrogens with zero attached hydrogens (tertiary/aromatic N) is 2. The molecule has 6 nitrogen and oxygen atoms in total. The molecule has 0 spiro atoms. The maximum atomic E-state index is 12.8. The maximum Gasteiger partial charge on any atom is 0.282 e. The lowest BCUT2D eigenvalue weighted by Crippen LogP contribution is -2.28. The summed E-state index contributed by atoms with van der Waals surface area (Å²) in [6.07, 6.45) is 0.686. The van der Waals surface area contributed by atoms with Crippen molar-refractivity contribution in [1.29, 1.82) is 0 Å². The molecule has 2 heterocycles. The van der Waals surface area contributed by atoms with Crippen LogP contribution in [-0.4, -0.2) is 21.9 Å². The molecule has 0 bridgehead atoms. The van der Waals surface area contributed by atoms with Gasteiger partial charge in [0.05, 0.1) is 5.69 Å². The Bertz CT molecular complexity index is 979. The van der Waals surface area contributed by atoms with Crippen molar-refractivity contribution in [2.45, 2.75) is 20.3 Å². The number of hydrogen-bond acceptors (Lipinski definition) is 5. The van der Waals surface area contributed by atoms with Crippen LogP contribution in [0.15, 0.2) is 34.4 Å². The van der Waals surface area contributed by atoms with Crippen LogP contribution in [-0.2, 0) is 11.2 Å². The van der Waals surface area contributed by atoms with E-state index in [1.165, 1.54) is 40.0 Å². The summed E-state index contributed by atoms with van der Waals surface area (Å²) < 4.78 is 19.6. The quantitative estimate of drug-likeness (QED) is 0.758. The number of carbonyl (C=O) groups excluding carboxylic acids is 1. The fourth-order valence-electron chi connectivity index (χ4n) is 2.35. The van der Waals surface area contributed by atoms with Crippen molar-refractivity contribution in [2.75, 3.05) is 11.9 Å². The van der Waals surface area contributed by atoms with Crippen molar-refractivity contribution in [2.24, 2.45) is 0 Å². The van der Waals surface area contributed by atoms with E-state index in [1.807, 2.05) is 12.3 Å². The first-order valence-corrected chi connectivity index (χ1v) is 8.55. The normalized spacial score (nSPS) is 10.8. The lowest BCUT2D eigenvalue weighted by Gasteiger charge is -2.09. The second-order valence-electron chi connectivity index (χ2n) is 5.37. The van der Waals surface area contributed by atoms with Crippen LogP contribution in [0.2, 0.25) is 0 Å². The third kappa shape index (κ3) is 3.53. The number of fused-ring (bicyclic) bond motifs is 1. The van der Waals surface area contributed by atoms with E-state index < -0.39 is 5.91 Å². The lowest BCUT2D eigenvalue weighted by molar-refractivity contribution is -0.118. The number of benzene rings is 1. The van der Waals surface area contributed by atoms with Crippen LogP contribution < -0.4 is 15.6 Å². The van der Waals surface area contributed by atoms with Crippen LogP contribution >= 0.6 is 11.3 Å². The molecular formula is C17H16FN3O3S. The minimum Gasteiger partial charge on any atom is -0.484 e. The predicted molar refractivity (Wildman–Crippen MR) is 94.0 cm³/mol. The molecule has 0 saturated carbocycles. The number of rotatable bonds is 5. The lowest BCUT2D eigenvalue weighted by atomic mass is 10.3. The Morgan fingerprint density at radius 2 is 2.08 bits per heavy atom. The molecule has 0 saturated heterocycles. The van der Waals surface area contributed by atoms with E-state index in [0.717, 1.165) is 5.69 Å². The second-order valence-corrected chi connectivity index (χ2v) is 6.20. The molecule has 3 aromatic rings. The van der Waals surface area contributed by atoms with E-state index in [9.17, 15) is 14.0 Å². The first-order chi connectivity index (χ1) is 12.0. The number of thiazole rings is 1. The Kier molecular flexibility index (Phi) is 4.80. The Morgan fingerprint density at radius 3 is 2.76 bits per heavy atom. The van der Waals surface area contributed by atoms with E-state index in [0.29, 0.717) is 22.8 Å². The molecule has 3 rings (SSSR count). The molecule has 0 atom stereocenters. The van der Waals surface area contributed by atoms with E-state index in [1.54, 1.807) is 6.92 Å². The molecule has 0 aliphatic carbocycles. The fraction of sp³-hybridized carbons (Fsp3) is 0.235. The highest BCUT2D eigenvalue weighted by molar-refractivity contribution is 7.15. The van der Waals surface area contributed by atoms with Gasteiger partial charge in [-0.2, -0.15) is 0 Å².